The summed E-state index contributed by atoms with van der Waals surface area (Å²) in [4.78, 5) is 13.6. The molecule has 1 aromatic rings. The Morgan fingerprint density at radius 3 is 2.65 bits per heavy atom. The molecule has 1 aromatic heterocycles. The van der Waals surface area contributed by atoms with Crippen LogP contribution in [-0.2, 0) is 4.79 Å². The van der Waals surface area contributed by atoms with Crippen LogP contribution in [0.1, 0.15) is 12.8 Å². The summed E-state index contributed by atoms with van der Waals surface area (Å²) in [6.07, 6.45) is 4.79. The van der Waals surface area contributed by atoms with Crippen LogP contribution in [0.3, 0.4) is 0 Å². The molecule has 1 aliphatic heterocycles. The second-order valence-corrected chi connectivity index (χ2v) is 3.79. The van der Waals surface area contributed by atoms with E-state index in [-0.39, 0.29) is 0 Å². The first-order valence-corrected chi connectivity index (χ1v) is 5.86. The highest BCUT2D eigenvalue weighted by molar-refractivity contribution is 5.68. The first-order valence-electron chi connectivity index (χ1n) is 5.86. The third-order valence-corrected chi connectivity index (χ3v) is 2.62. The molecule has 1 saturated heterocycles. The summed E-state index contributed by atoms with van der Waals surface area (Å²) < 4.78 is 0. The zero-order valence-corrected chi connectivity index (χ0v) is 10.1. The van der Waals surface area contributed by atoms with Crippen LogP contribution in [0.15, 0.2) is 24.4 Å². The minimum absolute atomic E-state index is 0.576. The van der Waals surface area contributed by atoms with Crippen LogP contribution in [0.4, 0.5) is 5.82 Å². The van der Waals surface area contributed by atoms with Gasteiger partial charge < -0.3 is 16.0 Å². The van der Waals surface area contributed by atoms with Crippen molar-refractivity contribution in [3.8, 4) is 0 Å². The van der Waals surface area contributed by atoms with Crippen molar-refractivity contribution >= 4 is 12.2 Å². The maximum absolute atomic E-state index is 9.82. The van der Waals surface area contributed by atoms with Crippen LogP contribution in [-0.4, -0.2) is 37.6 Å². The molecule has 1 amide bonds. The van der Waals surface area contributed by atoms with Gasteiger partial charge in [-0.25, -0.2) is 4.98 Å². The van der Waals surface area contributed by atoms with Crippen molar-refractivity contribution in [2.75, 3.05) is 25.5 Å². The van der Waals surface area contributed by atoms with Crippen LogP contribution in [0.2, 0.25) is 0 Å². The molecular weight excluding hydrogens is 216 g/mol. The van der Waals surface area contributed by atoms with Crippen LogP contribution < -0.4 is 16.0 Å². The van der Waals surface area contributed by atoms with E-state index < -0.39 is 0 Å². The van der Waals surface area contributed by atoms with Crippen molar-refractivity contribution in [1.82, 2.24) is 15.6 Å². The lowest BCUT2D eigenvalue weighted by Crippen LogP contribution is -2.37. The van der Waals surface area contributed by atoms with E-state index in [1.165, 1.54) is 25.9 Å². The van der Waals surface area contributed by atoms with Crippen molar-refractivity contribution in [3.05, 3.63) is 24.4 Å². The highest BCUT2D eigenvalue weighted by Gasteiger charge is 2.08. The van der Waals surface area contributed by atoms with Gasteiger partial charge in [0.15, 0.2) is 0 Å². The molecule has 3 N–H and O–H groups in total. The van der Waals surface area contributed by atoms with E-state index in [4.69, 9.17) is 0 Å². The average molecular weight is 236 g/mol. The molecule has 0 aromatic carbocycles. The predicted octanol–water partition coefficient (Wildman–Crippen LogP) is 0.608. The van der Waals surface area contributed by atoms with Crippen LogP contribution in [0, 0.1) is 0 Å². The number of aromatic nitrogens is 1. The number of anilines is 1. The summed E-state index contributed by atoms with van der Waals surface area (Å²) in [6, 6.07) is 6.08. The third-order valence-electron chi connectivity index (χ3n) is 2.62. The maximum atomic E-state index is 9.82. The fourth-order valence-corrected chi connectivity index (χ4v) is 1.62. The maximum Gasteiger partial charge on any atom is 0.212 e. The number of carbonyl (C=O) groups excluding carboxylic acids is 1. The van der Waals surface area contributed by atoms with E-state index in [0.717, 1.165) is 6.04 Å². The molecule has 0 saturated carbocycles. The van der Waals surface area contributed by atoms with Gasteiger partial charge in [0, 0.05) is 12.2 Å². The first-order chi connectivity index (χ1) is 8.36. The molecule has 5 nitrogen and oxygen atoms in total. The van der Waals surface area contributed by atoms with Gasteiger partial charge in [-0.05, 0) is 45.1 Å². The summed E-state index contributed by atoms with van der Waals surface area (Å²) in [7, 11) is 2.04. The van der Waals surface area contributed by atoms with E-state index >= 15 is 0 Å². The second kappa shape index (κ2) is 8.66. The number of rotatable bonds is 3. The Morgan fingerprint density at radius 1 is 1.41 bits per heavy atom. The van der Waals surface area contributed by atoms with Gasteiger partial charge in [-0.1, -0.05) is 6.07 Å². The van der Waals surface area contributed by atoms with Crippen molar-refractivity contribution in [2.24, 2.45) is 0 Å². The van der Waals surface area contributed by atoms with Gasteiger partial charge >= 0.3 is 0 Å². The van der Waals surface area contributed by atoms with E-state index in [9.17, 15) is 4.79 Å². The topological polar surface area (TPSA) is 66.0 Å². The lowest BCUT2D eigenvalue weighted by Gasteiger charge is -2.21. The fourth-order valence-electron chi connectivity index (χ4n) is 1.62. The van der Waals surface area contributed by atoms with Crippen LogP contribution in [0.25, 0.3) is 0 Å². The molecule has 2 rings (SSSR count). The SMILES string of the molecule is CNC1CCNCC1.O=CNc1ccccn1. The molecule has 1 fully saturated rings. The molecule has 0 aliphatic carbocycles. The molecular formula is C12H20N4O. The lowest BCUT2D eigenvalue weighted by atomic mass is 10.1. The highest BCUT2D eigenvalue weighted by Crippen LogP contribution is 1.99. The zero-order valence-electron chi connectivity index (χ0n) is 10.1. The molecule has 0 bridgehead atoms. The van der Waals surface area contributed by atoms with E-state index in [0.29, 0.717) is 12.2 Å². The molecule has 0 unspecified atom stereocenters. The number of pyridine rings is 1. The molecule has 5 heteroatoms. The summed E-state index contributed by atoms with van der Waals surface area (Å²) in [5.41, 5.74) is 0. The van der Waals surface area contributed by atoms with E-state index in [2.05, 4.69) is 20.9 Å². The van der Waals surface area contributed by atoms with Gasteiger partial charge in [0.1, 0.15) is 5.82 Å². The van der Waals surface area contributed by atoms with Gasteiger partial charge in [-0.3, -0.25) is 4.79 Å². The zero-order chi connectivity index (χ0) is 12.3. The van der Waals surface area contributed by atoms with Crippen LogP contribution in [0.5, 0.6) is 0 Å². The quantitative estimate of drug-likeness (QED) is 0.673. The summed E-state index contributed by atoms with van der Waals surface area (Å²) >= 11 is 0. The Balaban J connectivity index is 0.000000171. The Labute approximate surface area is 102 Å². The average Bonchev–Trinajstić information content (AvgIpc) is 2.42. The first kappa shape index (κ1) is 13.6. The molecule has 2 heterocycles. The normalized spacial score (nSPS) is 15.6. The Bertz CT molecular complexity index is 299. The minimum atomic E-state index is 0.576. The molecule has 0 spiro atoms. The van der Waals surface area contributed by atoms with Crippen molar-refractivity contribution in [2.45, 2.75) is 18.9 Å². The number of carbonyl (C=O) groups is 1. The Morgan fingerprint density at radius 2 is 2.18 bits per heavy atom. The number of piperidine rings is 1. The monoisotopic (exact) mass is 236 g/mol. The lowest BCUT2D eigenvalue weighted by molar-refractivity contribution is -0.105. The summed E-state index contributed by atoms with van der Waals surface area (Å²) in [6.45, 7) is 2.37. The van der Waals surface area contributed by atoms with Gasteiger partial charge in [-0.15, -0.1) is 0 Å². The fraction of sp³-hybridized carbons (Fsp3) is 0.500. The predicted molar refractivity (Wildman–Crippen MR) is 68.9 cm³/mol. The number of hydrogen-bond donors (Lipinski definition) is 3. The largest absolute Gasteiger partial charge is 0.317 e. The highest BCUT2D eigenvalue weighted by atomic mass is 16.1. The van der Waals surface area contributed by atoms with Gasteiger partial charge in [-0.2, -0.15) is 0 Å². The summed E-state index contributed by atoms with van der Waals surface area (Å²) in [5, 5.41) is 8.99. The molecule has 0 atom stereocenters. The van der Waals surface area contributed by atoms with Crippen molar-refractivity contribution in [3.63, 3.8) is 0 Å². The third kappa shape index (κ3) is 5.99. The smallest absolute Gasteiger partial charge is 0.212 e. The number of hydrogen-bond acceptors (Lipinski definition) is 4. The van der Waals surface area contributed by atoms with E-state index in [1.54, 1.807) is 24.4 Å². The summed E-state index contributed by atoms with van der Waals surface area (Å²) in [5.74, 6) is 0.576. The number of nitrogens with one attached hydrogen (secondary N) is 3. The molecule has 0 radical (unpaired) electrons. The van der Waals surface area contributed by atoms with Crippen molar-refractivity contribution < 1.29 is 4.79 Å². The van der Waals surface area contributed by atoms with E-state index in [1.807, 2.05) is 7.05 Å². The van der Waals surface area contributed by atoms with Gasteiger partial charge in [0.05, 0.1) is 0 Å². The Kier molecular flexibility index (Phi) is 6.93. The molecule has 1 aliphatic rings. The minimum Gasteiger partial charge on any atom is -0.317 e. The second-order valence-electron chi connectivity index (χ2n) is 3.79. The molecule has 94 valence electrons. The number of amides is 1. The van der Waals surface area contributed by atoms with Crippen molar-refractivity contribution in [1.29, 1.82) is 0 Å². The number of nitrogens with zero attached hydrogens (tertiary/aromatic N) is 1. The van der Waals surface area contributed by atoms with Crippen LogP contribution >= 0.6 is 0 Å². The standard InChI is InChI=1S/C6H6N2O.C6H14N2/c9-5-8-6-3-1-2-4-7-6;1-7-6-2-4-8-5-3-6/h1-5H,(H,7,8,9);6-8H,2-5H2,1H3. The van der Waals surface area contributed by atoms with Gasteiger partial charge in [0.25, 0.3) is 0 Å². The molecule has 17 heavy (non-hydrogen) atoms. The Hall–Kier alpha value is -1.46. The van der Waals surface area contributed by atoms with Gasteiger partial charge in [0.2, 0.25) is 6.41 Å².